The van der Waals surface area contributed by atoms with Gasteiger partial charge < -0.3 is 24.8 Å². The van der Waals surface area contributed by atoms with E-state index in [1.165, 1.54) is 37.1 Å². The highest BCUT2D eigenvalue weighted by Gasteiger charge is 2.46. The van der Waals surface area contributed by atoms with Crippen molar-refractivity contribution in [2.24, 2.45) is 5.92 Å². The van der Waals surface area contributed by atoms with Gasteiger partial charge in [0.25, 0.3) is 5.91 Å². The number of carbonyl (C=O) groups is 3. The lowest BCUT2D eigenvalue weighted by Crippen LogP contribution is -2.52. The molecule has 41 heavy (non-hydrogen) atoms. The van der Waals surface area contributed by atoms with E-state index in [-0.39, 0.29) is 47.0 Å². The number of likely N-dealkylation sites (N-methyl/N-ethyl adjacent to an activating group) is 2. The first-order valence-corrected chi connectivity index (χ1v) is 13.2. The van der Waals surface area contributed by atoms with E-state index in [4.69, 9.17) is 4.74 Å². The molecule has 11 heteroatoms. The number of carbonyl (C=O) groups excluding carboxylic acids is 3. The number of aromatic nitrogens is 1. The molecule has 0 spiro atoms. The Bertz CT molecular complexity index is 1560. The van der Waals surface area contributed by atoms with Crippen LogP contribution in [0.3, 0.4) is 0 Å². The second kappa shape index (κ2) is 11.2. The molecule has 4 rings (SSSR count). The van der Waals surface area contributed by atoms with Crippen molar-refractivity contribution >= 4 is 34.3 Å². The van der Waals surface area contributed by atoms with Crippen molar-refractivity contribution in [3.05, 3.63) is 59.3 Å². The third kappa shape index (κ3) is 5.22. The molecule has 2 aromatic carbocycles. The van der Waals surface area contributed by atoms with Crippen molar-refractivity contribution in [1.82, 2.24) is 14.8 Å². The third-order valence-electron chi connectivity index (χ3n) is 7.82. The number of ether oxygens (including phenoxy) is 1. The van der Waals surface area contributed by atoms with Crippen LogP contribution in [0.1, 0.15) is 49.7 Å². The molecule has 3 amide bonds. The van der Waals surface area contributed by atoms with Crippen molar-refractivity contribution < 1.29 is 27.9 Å². The number of anilines is 1. The molecule has 2 heterocycles. The summed E-state index contributed by atoms with van der Waals surface area (Å²) in [5.41, 5.74) is 0.0293. The number of nitrogens with one attached hydrogen (secondary N) is 2. The van der Waals surface area contributed by atoms with Crippen LogP contribution < -0.4 is 10.1 Å². The average Bonchev–Trinajstić information content (AvgIpc) is 3.51. The lowest BCUT2D eigenvalue weighted by Gasteiger charge is -2.35. The van der Waals surface area contributed by atoms with E-state index in [1.54, 1.807) is 19.1 Å². The molecule has 1 aliphatic heterocycles. The summed E-state index contributed by atoms with van der Waals surface area (Å²) in [5.74, 6) is -3.35. The van der Waals surface area contributed by atoms with Crippen LogP contribution in [0.5, 0.6) is 5.75 Å². The summed E-state index contributed by atoms with van der Waals surface area (Å²) in [6.45, 7) is 5.52. The number of halogens is 2. The van der Waals surface area contributed by atoms with Gasteiger partial charge in [0.15, 0.2) is 11.6 Å². The van der Waals surface area contributed by atoms with E-state index in [0.29, 0.717) is 5.69 Å². The minimum Gasteiger partial charge on any atom is -0.493 e. The normalized spacial score (nSPS) is 17.5. The van der Waals surface area contributed by atoms with Gasteiger partial charge in [0, 0.05) is 31.2 Å². The maximum Gasteiger partial charge on any atom is 0.270 e. The first kappa shape index (κ1) is 29.5. The molecular formula is C30H33F2N5O4. The molecule has 0 fully saturated rings. The van der Waals surface area contributed by atoms with Gasteiger partial charge in [-0.3, -0.25) is 14.4 Å². The number of H-pyrrole nitrogens is 1. The Labute approximate surface area is 237 Å². The number of nitriles is 1. The van der Waals surface area contributed by atoms with Crippen molar-refractivity contribution in [1.29, 1.82) is 5.26 Å². The zero-order valence-electron chi connectivity index (χ0n) is 23.8. The molecule has 0 unspecified atom stereocenters. The zero-order valence-corrected chi connectivity index (χ0v) is 23.8. The van der Waals surface area contributed by atoms with Crippen LogP contribution in [-0.2, 0) is 15.0 Å². The van der Waals surface area contributed by atoms with Gasteiger partial charge in [-0.25, -0.2) is 8.78 Å². The first-order valence-electron chi connectivity index (χ1n) is 13.2. The Morgan fingerprint density at radius 3 is 2.46 bits per heavy atom. The topological polar surface area (TPSA) is 119 Å². The third-order valence-corrected chi connectivity index (χ3v) is 7.82. The number of benzene rings is 2. The Balaban J connectivity index is 1.62. The molecule has 0 bridgehead atoms. The zero-order chi connectivity index (χ0) is 30.2. The summed E-state index contributed by atoms with van der Waals surface area (Å²) in [6.07, 6.45) is 0.309. The van der Waals surface area contributed by atoms with Gasteiger partial charge in [0.1, 0.15) is 23.6 Å². The highest BCUT2D eigenvalue weighted by atomic mass is 19.1. The fraction of sp³-hybridized carbons (Fsp3) is 0.400. The maximum absolute atomic E-state index is 14.8. The molecule has 0 saturated heterocycles. The fourth-order valence-electron chi connectivity index (χ4n) is 5.36. The second-order valence-corrected chi connectivity index (χ2v) is 11.0. The Morgan fingerprint density at radius 1 is 1.15 bits per heavy atom. The number of fused-ring (bicyclic) bond motifs is 2. The predicted molar refractivity (Wildman–Crippen MR) is 149 cm³/mol. The summed E-state index contributed by atoms with van der Waals surface area (Å²) in [6, 6.07) is 9.50. The van der Waals surface area contributed by atoms with Crippen molar-refractivity contribution in [3.63, 3.8) is 0 Å². The lowest BCUT2D eigenvalue weighted by atomic mass is 9.78. The van der Waals surface area contributed by atoms with Gasteiger partial charge in [0.2, 0.25) is 11.8 Å². The molecule has 2 N–H and O–H groups in total. The van der Waals surface area contributed by atoms with Crippen LogP contribution in [0, 0.1) is 28.9 Å². The number of nitrogens with zero attached hydrogens (tertiary/aromatic N) is 3. The molecule has 0 saturated carbocycles. The van der Waals surface area contributed by atoms with E-state index in [0.717, 1.165) is 11.6 Å². The number of para-hydroxylation sites is 1. The summed E-state index contributed by atoms with van der Waals surface area (Å²) in [4.78, 5) is 45.4. The highest BCUT2D eigenvalue weighted by molar-refractivity contribution is 6.06. The van der Waals surface area contributed by atoms with Gasteiger partial charge in [0.05, 0.1) is 24.1 Å². The molecule has 9 nitrogen and oxygen atoms in total. The van der Waals surface area contributed by atoms with E-state index in [9.17, 15) is 28.4 Å². The Kier molecular flexibility index (Phi) is 8.06. The summed E-state index contributed by atoms with van der Waals surface area (Å²) >= 11 is 0. The highest BCUT2D eigenvalue weighted by Crippen LogP contribution is 2.41. The van der Waals surface area contributed by atoms with Gasteiger partial charge in [-0.05, 0) is 43.4 Å². The Morgan fingerprint density at radius 2 is 1.83 bits per heavy atom. The minimum atomic E-state index is -1.04. The molecule has 1 aliphatic rings. The van der Waals surface area contributed by atoms with Crippen LogP contribution in [-0.4, -0.2) is 65.8 Å². The summed E-state index contributed by atoms with van der Waals surface area (Å²) in [5, 5.41) is 12.8. The van der Waals surface area contributed by atoms with Gasteiger partial charge >= 0.3 is 0 Å². The van der Waals surface area contributed by atoms with Gasteiger partial charge in [-0.2, -0.15) is 5.26 Å². The molecule has 3 atom stereocenters. The van der Waals surface area contributed by atoms with E-state index >= 15 is 0 Å². The SMILES string of the molecule is COc1cc(F)c2cc(C(=O)N(C)[C@@H](CC(C)C)C(=O)N(C)[C@H](C#N)C[C@@]3(C)C(=O)Nc4ccccc43)[nH]c2c1F. The molecular weight excluding hydrogens is 532 g/mol. The lowest BCUT2D eigenvalue weighted by molar-refractivity contribution is -0.137. The molecule has 0 aliphatic carbocycles. The van der Waals surface area contributed by atoms with Crippen LogP contribution in [0.25, 0.3) is 10.9 Å². The standard InChI is InChI=1S/C30H33F2N5O4/c1-16(2)11-23(37(5)27(38)22-12-18-20(31)13-24(41-6)25(32)26(18)34-22)28(39)36(4)17(15-33)14-30(3)19-9-7-8-10-21(19)35-29(30)40/h7-10,12-13,16-17,23,34H,11,14H2,1-6H3,(H,35,40)/t17-,23-,30+/m0/s1. The van der Waals surface area contributed by atoms with Crippen LogP contribution in [0.2, 0.25) is 0 Å². The Hall–Kier alpha value is -4.46. The predicted octanol–water partition coefficient (Wildman–Crippen LogP) is 4.59. The number of hydrogen-bond donors (Lipinski definition) is 2. The molecule has 3 aromatic rings. The number of methoxy groups -OCH3 is 1. The number of aromatic amines is 1. The van der Waals surface area contributed by atoms with Crippen LogP contribution in [0.15, 0.2) is 36.4 Å². The van der Waals surface area contributed by atoms with E-state index < -0.39 is 40.9 Å². The fourth-order valence-corrected chi connectivity index (χ4v) is 5.36. The largest absolute Gasteiger partial charge is 0.493 e. The van der Waals surface area contributed by atoms with E-state index in [2.05, 4.69) is 16.4 Å². The summed E-state index contributed by atoms with van der Waals surface area (Å²) in [7, 11) is 4.12. The van der Waals surface area contributed by atoms with Crippen molar-refractivity contribution in [2.45, 2.75) is 51.1 Å². The van der Waals surface area contributed by atoms with Crippen molar-refractivity contribution in [3.8, 4) is 11.8 Å². The molecule has 1 aromatic heterocycles. The van der Waals surface area contributed by atoms with Crippen LogP contribution in [0.4, 0.5) is 14.5 Å². The first-order chi connectivity index (χ1) is 19.3. The molecule has 216 valence electrons. The monoisotopic (exact) mass is 565 g/mol. The summed E-state index contributed by atoms with van der Waals surface area (Å²) < 4.78 is 34.2. The van der Waals surface area contributed by atoms with Gasteiger partial charge in [-0.15, -0.1) is 0 Å². The van der Waals surface area contributed by atoms with Crippen LogP contribution >= 0.6 is 0 Å². The maximum atomic E-state index is 14.8. The number of rotatable bonds is 9. The minimum absolute atomic E-state index is 0.0139. The molecule has 0 radical (unpaired) electrons. The van der Waals surface area contributed by atoms with Crippen molar-refractivity contribution in [2.75, 3.05) is 26.5 Å². The van der Waals surface area contributed by atoms with Gasteiger partial charge in [-0.1, -0.05) is 32.0 Å². The van der Waals surface area contributed by atoms with E-state index in [1.807, 2.05) is 26.0 Å². The smallest absolute Gasteiger partial charge is 0.270 e. The average molecular weight is 566 g/mol. The second-order valence-electron chi connectivity index (χ2n) is 11.0. The number of amides is 3. The quantitative estimate of drug-likeness (QED) is 0.393. The number of hydrogen-bond acceptors (Lipinski definition) is 5.